The van der Waals surface area contributed by atoms with E-state index >= 15 is 0 Å². The van der Waals surface area contributed by atoms with E-state index in [4.69, 9.17) is 9.97 Å². The number of benzene rings is 7. The minimum Gasteiger partial charge on any atom is -0.244 e. The molecule has 2 aromatic heterocycles. The Hall–Kier alpha value is -6.00. The number of fused-ring (bicyclic) bond motifs is 5. The second-order valence-corrected chi connectivity index (χ2v) is 11.3. The van der Waals surface area contributed by atoms with Crippen LogP contribution in [0.2, 0.25) is 0 Å². The lowest BCUT2D eigenvalue weighted by Crippen LogP contribution is -1.96. The Kier molecular flexibility index (Phi) is 5.47. The Labute approximate surface area is 253 Å². The van der Waals surface area contributed by atoms with Crippen LogP contribution in [0.15, 0.2) is 146 Å². The summed E-state index contributed by atoms with van der Waals surface area (Å²) in [5, 5.41) is 10.7. The van der Waals surface area contributed by atoms with Crippen LogP contribution in [0.25, 0.3) is 87.9 Å². The monoisotopic (exact) mass is 560 g/mol. The summed E-state index contributed by atoms with van der Waals surface area (Å²) >= 11 is 0. The van der Waals surface area contributed by atoms with Gasteiger partial charge in [-0.1, -0.05) is 72.8 Å². The van der Waals surface area contributed by atoms with Crippen LogP contribution in [0.1, 0.15) is 0 Å². The topological polar surface area (TPSA) is 51.6 Å². The van der Waals surface area contributed by atoms with Crippen LogP contribution in [0, 0.1) is 0 Å². The molecule has 0 radical (unpaired) electrons. The van der Waals surface area contributed by atoms with Crippen molar-refractivity contribution in [2.45, 2.75) is 0 Å². The van der Waals surface area contributed by atoms with E-state index in [-0.39, 0.29) is 0 Å². The molecule has 2 heterocycles. The van der Waals surface area contributed by atoms with Gasteiger partial charge in [-0.05, 0) is 104 Å². The van der Waals surface area contributed by atoms with E-state index in [2.05, 4.69) is 131 Å². The van der Waals surface area contributed by atoms with Gasteiger partial charge in [0.15, 0.2) is 5.82 Å². The zero-order valence-electron chi connectivity index (χ0n) is 23.6. The van der Waals surface area contributed by atoms with Gasteiger partial charge >= 0.3 is 0 Å². The number of hydrogen-bond donors (Lipinski definition) is 0. The van der Waals surface area contributed by atoms with Crippen molar-refractivity contribution in [2.75, 3.05) is 0 Å². The quantitative estimate of drug-likeness (QED) is 0.202. The molecule has 9 rings (SSSR count). The molecule has 0 atom stereocenters. The number of rotatable bonds is 3. The summed E-state index contributed by atoms with van der Waals surface area (Å²) in [6, 6.07) is 47.4. The Bertz CT molecular complexity index is 2430. The summed E-state index contributed by atoms with van der Waals surface area (Å²) in [6.45, 7) is 0. The molecule has 0 saturated carbocycles. The molecular weight excluding hydrogens is 536 g/mol. The van der Waals surface area contributed by atoms with E-state index in [0.717, 1.165) is 39.0 Å². The molecule has 44 heavy (non-hydrogen) atoms. The molecule has 9 aromatic rings. The van der Waals surface area contributed by atoms with Gasteiger partial charge in [-0.25, -0.2) is 19.9 Å². The molecule has 0 bridgehead atoms. The average molecular weight is 561 g/mol. The van der Waals surface area contributed by atoms with Crippen molar-refractivity contribution in [3.63, 3.8) is 0 Å². The van der Waals surface area contributed by atoms with Crippen LogP contribution in [0.3, 0.4) is 0 Å². The lowest BCUT2D eigenvalue weighted by molar-refractivity contribution is 1.18. The largest absolute Gasteiger partial charge is 0.244 e. The van der Waals surface area contributed by atoms with Crippen LogP contribution in [-0.4, -0.2) is 19.9 Å². The molecule has 0 unspecified atom stereocenters. The van der Waals surface area contributed by atoms with E-state index in [1.54, 1.807) is 6.33 Å². The Balaban J connectivity index is 1.24. The predicted molar refractivity (Wildman–Crippen MR) is 181 cm³/mol. The van der Waals surface area contributed by atoms with Gasteiger partial charge in [0.05, 0.1) is 16.9 Å². The van der Waals surface area contributed by atoms with Crippen molar-refractivity contribution >= 4 is 54.0 Å². The predicted octanol–water partition coefficient (Wildman–Crippen LogP) is 10.0. The molecule has 0 spiro atoms. The zero-order valence-corrected chi connectivity index (χ0v) is 23.6. The maximum Gasteiger partial charge on any atom is 0.160 e. The van der Waals surface area contributed by atoms with Crippen molar-refractivity contribution in [1.82, 2.24) is 19.9 Å². The minimum absolute atomic E-state index is 0.667. The fraction of sp³-hybridized carbons (Fsp3) is 0. The van der Waals surface area contributed by atoms with Gasteiger partial charge in [0.25, 0.3) is 0 Å². The lowest BCUT2D eigenvalue weighted by atomic mass is 9.98. The first-order valence-electron chi connectivity index (χ1n) is 14.7. The van der Waals surface area contributed by atoms with Gasteiger partial charge in [0.1, 0.15) is 6.33 Å². The van der Waals surface area contributed by atoms with Crippen molar-refractivity contribution in [2.24, 2.45) is 0 Å². The summed E-state index contributed by atoms with van der Waals surface area (Å²) in [7, 11) is 0. The van der Waals surface area contributed by atoms with Gasteiger partial charge < -0.3 is 0 Å². The fourth-order valence-electron chi connectivity index (χ4n) is 6.19. The Morgan fingerprint density at radius 3 is 1.41 bits per heavy atom. The van der Waals surface area contributed by atoms with Gasteiger partial charge in [0.2, 0.25) is 0 Å². The maximum atomic E-state index is 5.13. The van der Waals surface area contributed by atoms with Crippen molar-refractivity contribution in [3.8, 4) is 33.9 Å². The molecule has 0 saturated heterocycles. The molecule has 4 nitrogen and oxygen atoms in total. The van der Waals surface area contributed by atoms with E-state index < -0.39 is 0 Å². The molecule has 4 heteroatoms. The zero-order chi connectivity index (χ0) is 29.0. The summed E-state index contributed by atoms with van der Waals surface area (Å²) in [6.07, 6.45) is 3.40. The molecule has 0 aliphatic carbocycles. The summed E-state index contributed by atoms with van der Waals surface area (Å²) in [5.74, 6) is 0.667. The minimum atomic E-state index is 0.667. The van der Waals surface area contributed by atoms with E-state index in [1.807, 2.05) is 18.3 Å². The first-order chi connectivity index (χ1) is 21.7. The van der Waals surface area contributed by atoms with Gasteiger partial charge in [-0.15, -0.1) is 0 Å². The molecule has 0 amide bonds. The third-order valence-corrected chi connectivity index (χ3v) is 8.49. The van der Waals surface area contributed by atoms with Gasteiger partial charge in [-0.3, -0.25) is 0 Å². The molecule has 0 aliphatic rings. The van der Waals surface area contributed by atoms with Crippen molar-refractivity contribution in [1.29, 1.82) is 0 Å². The maximum absolute atomic E-state index is 5.13. The molecule has 0 aliphatic heterocycles. The second kappa shape index (κ2) is 9.79. The summed E-state index contributed by atoms with van der Waals surface area (Å²) < 4.78 is 0. The number of nitrogens with zero attached hydrogens (tertiary/aromatic N) is 4. The van der Waals surface area contributed by atoms with Crippen LogP contribution in [0.5, 0.6) is 0 Å². The lowest BCUT2D eigenvalue weighted by Gasteiger charge is -2.12. The average Bonchev–Trinajstić information content (AvgIpc) is 3.09. The Morgan fingerprint density at radius 1 is 0.364 bits per heavy atom. The normalized spacial score (nSPS) is 11.6. The highest BCUT2D eigenvalue weighted by Gasteiger charge is 2.13. The first-order valence-corrected chi connectivity index (χ1v) is 14.7. The highest BCUT2D eigenvalue weighted by Crippen LogP contribution is 2.33. The van der Waals surface area contributed by atoms with E-state index in [1.165, 1.54) is 43.1 Å². The molecular formula is C40H24N4. The van der Waals surface area contributed by atoms with Crippen LogP contribution >= 0.6 is 0 Å². The summed E-state index contributed by atoms with van der Waals surface area (Å²) in [5.41, 5.74) is 5.67. The second-order valence-electron chi connectivity index (χ2n) is 11.3. The van der Waals surface area contributed by atoms with Crippen LogP contribution in [0.4, 0.5) is 0 Å². The smallest absolute Gasteiger partial charge is 0.160 e. The van der Waals surface area contributed by atoms with Crippen LogP contribution < -0.4 is 0 Å². The highest BCUT2D eigenvalue weighted by molar-refractivity contribution is 6.01. The first kappa shape index (κ1) is 24.6. The standard InChI is InChI=1S/C40H24N4/c1-3-7-27-17-34-19-31(11-9-29(34)15-25(27)5-1)38-22-39(44-40(43-38)33-13-14-37-36(21-33)23-41-24-42-37)32-12-10-30-16-26-6-2-4-8-28(26)18-35(30)20-32/h1-24H. The molecule has 0 N–H and O–H groups in total. The third-order valence-electron chi connectivity index (χ3n) is 8.49. The van der Waals surface area contributed by atoms with Crippen molar-refractivity contribution < 1.29 is 0 Å². The van der Waals surface area contributed by atoms with Crippen LogP contribution in [-0.2, 0) is 0 Å². The summed E-state index contributed by atoms with van der Waals surface area (Å²) in [4.78, 5) is 18.9. The van der Waals surface area contributed by atoms with Gasteiger partial charge in [0, 0.05) is 28.3 Å². The number of aromatic nitrogens is 4. The highest BCUT2D eigenvalue weighted by atomic mass is 14.9. The molecule has 0 fully saturated rings. The van der Waals surface area contributed by atoms with Crippen molar-refractivity contribution in [3.05, 3.63) is 146 Å². The van der Waals surface area contributed by atoms with E-state index in [0.29, 0.717) is 5.82 Å². The SMILES string of the molecule is c1ccc2cc3cc(-c4cc(-c5ccc6cc7ccccc7cc6c5)nc(-c5ccc6ncncc6c5)n4)ccc3cc2c1. The third kappa shape index (κ3) is 4.24. The fourth-order valence-corrected chi connectivity index (χ4v) is 6.19. The van der Waals surface area contributed by atoms with E-state index in [9.17, 15) is 0 Å². The number of hydrogen-bond acceptors (Lipinski definition) is 4. The Morgan fingerprint density at radius 2 is 0.841 bits per heavy atom. The molecule has 204 valence electrons. The molecule has 7 aromatic carbocycles. The van der Waals surface area contributed by atoms with Gasteiger partial charge in [-0.2, -0.15) is 0 Å².